The fraction of sp³-hybridized carbons (Fsp3) is 0.560. The van der Waals surface area contributed by atoms with Gasteiger partial charge in [-0.25, -0.2) is 0 Å². The van der Waals surface area contributed by atoms with Gasteiger partial charge in [-0.2, -0.15) is 0 Å². The molecule has 2 fully saturated rings. The average Bonchev–Trinajstić information content (AvgIpc) is 3.04. The third-order valence-electron chi connectivity index (χ3n) is 7.11. The number of nitrogens with zero attached hydrogens (tertiary/aromatic N) is 3. The molecule has 2 heterocycles. The second kappa shape index (κ2) is 9.45. The van der Waals surface area contributed by atoms with Crippen LogP contribution in [-0.2, 0) is 14.4 Å². The number of likely N-dealkylation sites (tertiary alicyclic amines) is 1. The lowest BCUT2D eigenvalue weighted by Gasteiger charge is -2.37. The van der Waals surface area contributed by atoms with Gasteiger partial charge in [0.05, 0.1) is 5.57 Å². The van der Waals surface area contributed by atoms with Gasteiger partial charge >= 0.3 is 0 Å². The number of nitrogens with one attached hydrogen (secondary N) is 1. The highest BCUT2D eigenvalue weighted by Crippen LogP contribution is 2.37. The Labute approximate surface area is 190 Å². The number of amides is 3. The summed E-state index contributed by atoms with van der Waals surface area (Å²) in [6.45, 7) is 3.43. The fourth-order valence-electron chi connectivity index (χ4n) is 5.28. The van der Waals surface area contributed by atoms with Gasteiger partial charge in [0.15, 0.2) is 0 Å². The standard InChI is InChI=1S/C25H34N4O3/c1-17(30)26-19-11-9-18(10-12-19)22-23(28(3)20-13-15-27(2)16-14-20)25(32)29(24(22)31)21-7-5-4-6-8-21/h9-12,20-21H,4-8,13-16H2,1-3H3,(H,26,30). The summed E-state index contributed by atoms with van der Waals surface area (Å²) in [4.78, 5) is 44.6. The summed E-state index contributed by atoms with van der Waals surface area (Å²) in [6, 6.07) is 7.46. The number of likely N-dealkylation sites (N-methyl/N-ethyl adjacent to an activating group) is 1. The van der Waals surface area contributed by atoms with Crippen LogP contribution in [0.5, 0.6) is 0 Å². The summed E-state index contributed by atoms with van der Waals surface area (Å²) in [7, 11) is 4.08. The van der Waals surface area contributed by atoms with Gasteiger partial charge < -0.3 is 15.1 Å². The SMILES string of the molecule is CC(=O)Nc1ccc(C2=C(N(C)C3CCN(C)CC3)C(=O)N(C3CCCCC3)C2=O)cc1. The summed E-state index contributed by atoms with van der Waals surface area (Å²) < 4.78 is 0. The highest BCUT2D eigenvalue weighted by atomic mass is 16.2. The summed E-state index contributed by atoms with van der Waals surface area (Å²) in [5, 5.41) is 2.76. The third-order valence-corrected chi connectivity index (χ3v) is 7.11. The van der Waals surface area contributed by atoms with Crippen molar-refractivity contribution in [3.63, 3.8) is 0 Å². The van der Waals surface area contributed by atoms with E-state index in [9.17, 15) is 14.4 Å². The molecule has 1 saturated carbocycles. The molecule has 7 nitrogen and oxygen atoms in total. The van der Waals surface area contributed by atoms with E-state index < -0.39 is 0 Å². The highest BCUT2D eigenvalue weighted by Gasteiger charge is 2.45. The van der Waals surface area contributed by atoms with Crippen molar-refractivity contribution in [2.45, 2.75) is 64.0 Å². The van der Waals surface area contributed by atoms with Gasteiger partial charge in [0.1, 0.15) is 5.70 Å². The zero-order valence-electron chi connectivity index (χ0n) is 19.4. The van der Waals surface area contributed by atoms with Gasteiger partial charge in [-0.15, -0.1) is 0 Å². The van der Waals surface area contributed by atoms with Crippen LogP contribution < -0.4 is 5.32 Å². The number of benzene rings is 1. The van der Waals surface area contributed by atoms with E-state index in [4.69, 9.17) is 0 Å². The number of hydrogen-bond acceptors (Lipinski definition) is 5. The number of carbonyl (C=O) groups is 3. The number of hydrogen-bond donors (Lipinski definition) is 1. The lowest BCUT2D eigenvalue weighted by atomic mass is 9.94. The summed E-state index contributed by atoms with van der Waals surface area (Å²) in [5.41, 5.74) is 2.43. The Kier molecular flexibility index (Phi) is 6.65. The molecule has 1 N–H and O–H groups in total. The van der Waals surface area contributed by atoms with Gasteiger partial charge in [0.25, 0.3) is 11.8 Å². The van der Waals surface area contributed by atoms with Gasteiger partial charge in [-0.1, -0.05) is 31.4 Å². The summed E-state index contributed by atoms with van der Waals surface area (Å²) in [5.74, 6) is -0.469. The van der Waals surface area contributed by atoms with Gasteiger partial charge in [0.2, 0.25) is 5.91 Å². The van der Waals surface area contributed by atoms with Crippen LogP contribution in [0.2, 0.25) is 0 Å². The molecule has 0 aromatic heterocycles. The number of anilines is 1. The van der Waals surface area contributed by atoms with Crippen molar-refractivity contribution < 1.29 is 14.4 Å². The molecule has 4 rings (SSSR count). The van der Waals surface area contributed by atoms with Crippen molar-refractivity contribution >= 4 is 29.0 Å². The molecule has 0 unspecified atom stereocenters. The Bertz CT molecular complexity index is 910. The topological polar surface area (TPSA) is 73.0 Å². The van der Waals surface area contributed by atoms with Crippen LogP contribution in [0.3, 0.4) is 0 Å². The summed E-state index contributed by atoms with van der Waals surface area (Å²) >= 11 is 0. The molecule has 0 radical (unpaired) electrons. The molecule has 1 saturated heterocycles. The first-order chi connectivity index (χ1) is 15.4. The highest BCUT2D eigenvalue weighted by molar-refractivity contribution is 6.35. The molecule has 0 spiro atoms. The van der Waals surface area contributed by atoms with Crippen molar-refractivity contribution in [3.05, 3.63) is 35.5 Å². The maximum Gasteiger partial charge on any atom is 0.278 e. The molecule has 3 amide bonds. The molecule has 3 aliphatic rings. The van der Waals surface area contributed by atoms with Crippen LogP contribution in [0, 0.1) is 0 Å². The van der Waals surface area contributed by atoms with Crippen LogP contribution in [0.25, 0.3) is 5.57 Å². The molecule has 1 aromatic carbocycles. The molecule has 7 heteroatoms. The first kappa shape index (κ1) is 22.5. The third kappa shape index (κ3) is 4.44. The zero-order valence-corrected chi connectivity index (χ0v) is 19.4. The van der Waals surface area contributed by atoms with Crippen LogP contribution in [-0.4, -0.2) is 71.7 Å². The maximum absolute atomic E-state index is 13.7. The predicted octanol–water partition coefficient (Wildman–Crippen LogP) is 3.08. The second-order valence-electron chi connectivity index (χ2n) is 9.40. The van der Waals surface area contributed by atoms with Gasteiger partial charge in [0, 0.05) is 31.7 Å². The number of piperidine rings is 1. The molecule has 0 atom stereocenters. The first-order valence-electron chi connectivity index (χ1n) is 11.8. The van der Waals surface area contributed by atoms with Crippen molar-refractivity contribution in [3.8, 4) is 0 Å². The Hall–Kier alpha value is -2.67. The Balaban J connectivity index is 1.70. The molecule has 32 heavy (non-hydrogen) atoms. The van der Waals surface area contributed by atoms with E-state index in [0.29, 0.717) is 17.0 Å². The van der Waals surface area contributed by atoms with Gasteiger partial charge in [-0.05, 0) is 63.5 Å². The minimum atomic E-state index is -0.177. The van der Waals surface area contributed by atoms with E-state index in [0.717, 1.165) is 57.2 Å². The van der Waals surface area contributed by atoms with E-state index in [2.05, 4.69) is 22.2 Å². The number of imide groups is 1. The van der Waals surface area contributed by atoms with Crippen LogP contribution in [0.4, 0.5) is 5.69 Å². The minimum absolute atomic E-state index is 0.0132. The second-order valence-corrected chi connectivity index (χ2v) is 9.40. The molecule has 1 aromatic rings. The van der Waals surface area contributed by atoms with Crippen molar-refractivity contribution in [2.24, 2.45) is 0 Å². The first-order valence-corrected chi connectivity index (χ1v) is 11.8. The smallest absolute Gasteiger partial charge is 0.278 e. The van der Waals surface area contributed by atoms with E-state index in [1.807, 2.05) is 19.2 Å². The molecular formula is C25H34N4O3. The fourth-order valence-corrected chi connectivity index (χ4v) is 5.28. The Morgan fingerprint density at radius 3 is 2.19 bits per heavy atom. The summed E-state index contributed by atoms with van der Waals surface area (Å²) in [6.07, 6.45) is 6.99. The van der Waals surface area contributed by atoms with Crippen LogP contribution in [0.1, 0.15) is 57.4 Å². The monoisotopic (exact) mass is 438 g/mol. The van der Waals surface area contributed by atoms with Crippen molar-refractivity contribution in [1.29, 1.82) is 0 Å². The Morgan fingerprint density at radius 1 is 0.969 bits per heavy atom. The van der Waals surface area contributed by atoms with E-state index in [1.165, 1.54) is 18.2 Å². The normalized spacial score (nSPS) is 21.4. The lowest BCUT2D eigenvalue weighted by molar-refractivity contribution is -0.141. The molecule has 0 bridgehead atoms. The quantitative estimate of drug-likeness (QED) is 0.716. The molecule has 172 valence electrons. The number of rotatable bonds is 5. The van der Waals surface area contributed by atoms with E-state index >= 15 is 0 Å². The van der Waals surface area contributed by atoms with Crippen molar-refractivity contribution in [2.75, 3.05) is 32.5 Å². The molecular weight excluding hydrogens is 404 g/mol. The van der Waals surface area contributed by atoms with E-state index in [-0.39, 0.29) is 29.8 Å². The van der Waals surface area contributed by atoms with Crippen LogP contribution >= 0.6 is 0 Å². The average molecular weight is 439 g/mol. The minimum Gasteiger partial charge on any atom is -0.366 e. The lowest BCUT2D eigenvalue weighted by Crippen LogP contribution is -2.46. The van der Waals surface area contributed by atoms with E-state index in [1.54, 1.807) is 12.1 Å². The largest absolute Gasteiger partial charge is 0.366 e. The zero-order chi connectivity index (χ0) is 22.8. The Morgan fingerprint density at radius 2 is 1.59 bits per heavy atom. The van der Waals surface area contributed by atoms with Crippen LogP contribution in [0.15, 0.2) is 30.0 Å². The number of carbonyl (C=O) groups excluding carboxylic acids is 3. The van der Waals surface area contributed by atoms with Crippen molar-refractivity contribution in [1.82, 2.24) is 14.7 Å². The predicted molar refractivity (Wildman–Crippen MR) is 125 cm³/mol. The molecule has 1 aliphatic carbocycles. The van der Waals surface area contributed by atoms with Gasteiger partial charge in [-0.3, -0.25) is 19.3 Å². The maximum atomic E-state index is 13.7. The molecule has 2 aliphatic heterocycles.